The summed E-state index contributed by atoms with van der Waals surface area (Å²) >= 11 is 0. The Hall–Kier alpha value is -1.68. The van der Waals surface area contributed by atoms with Crippen molar-refractivity contribution in [1.82, 2.24) is 9.97 Å². The lowest BCUT2D eigenvalue weighted by atomic mass is 9.93. The Bertz CT molecular complexity index is 500. The molecular weight excluding hydrogens is 217 g/mol. The van der Waals surface area contributed by atoms with Crippen molar-refractivity contribution >= 4 is 0 Å². The molecule has 0 fully saturated rings. The second kappa shape index (κ2) is 4.30. The van der Waals surface area contributed by atoms with Crippen LogP contribution in [0.15, 0.2) is 30.5 Å². The van der Waals surface area contributed by atoms with Crippen molar-refractivity contribution in [3.8, 4) is 11.3 Å². The van der Waals surface area contributed by atoms with E-state index in [1.54, 1.807) is 18.3 Å². The van der Waals surface area contributed by atoms with Gasteiger partial charge in [-0.15, -0.1) is 0 Å². The fourth-order valence-electron chi connectivity index (χ4n) is 1.54. The fraction of sp³-hybridized carbons (Fsp3) is 0.308. The number of hydrogen-bond acceptors (Lipinski definition) is 2. The summed E-state index contributed by atoms with van der Waals surface area (Å²) in [5, 5.41) is 0. The molecule has 0 saturated carbocycles. The number of nitrogens with zero attached hydrogens (tertiary/aromatic N) is 1. The van der Waals surface area contributed by atoms with Crippen molar-refractivity contribution in [2.24, 2.45) is 5.73 Å². The topological polar surface area (TPSA) is 54.7 Å². The lowest BCUT2D eigenvalue weighted by Gasteiger charge is -2.18. The third kappa shape index (κ3) is 2.36. The monoisotopic (exact) mass is 233 g/mol. The number of nitrogens with two attached hydrogens (primary N) is 1. The van der Waals surface area contributed by atoms with Crippen LogP contribution in [-0.4, -0.2) is 16.5 Å². The summed E-state index contributed by atoms with van der Waals surface area (Å²) in [6, 6.07) is 6.32. The van der Waals surface area contributed by atoms with Crippen LogP contribution < -0.4 is 5.73 Å². The Morgan fingerprint density at radius 2 is 1.94 bits per heavy atom. The van der Waals surface area contributed by atoms with E-state index in [2.05, 4.69) is 9.97 Å². The molecule has 3 nitrogen and oxygen atoms in total. The highest BCUT2D eigenvalue weighted by Crippen LogP contribution is 2.23. The molecule has 3 N–H and O–H groups in total. The largest absolute Gasteiger partial charge is 0.342 e. The molecule has 17 heavy (non-hydrogen) atoms. The Morgan fingerprint density at radius 1 is 1.29 bits per heavy atom. The minimum Gasteiger partial charge on any atom is -0.342 e. The molecule has 2 aromatic rings. The number of rotatable bonds is 3. The van der Waals surface area contributed by atoms with Gasteiger partial charge < -0.3 is 10.7 Å². The van der Waals surface area contributed by atoms with Crippen LogP contribution in [0.3, 0.4) is 0 Å². The lowest BCUT2D eigenvalue weighted by Crippen LogP contribution is -2.29. The smallest absolute Gasteiger partial charge is 0.123 e. The molecule has 2 rings (SSSR count). The first-order chi connectivity index (χ1) is 8.03. The summed E-state index contributed by atoms with van der Waals surface area (Å²) in [5.41, 5.74) is 7.31. The molecule has 0 radical (unpaired) electrons. The van der Waals surface area contributed by atoms with Gasteiger partial charge in [-0.25, -0.2) is 9.37 Å². The van der Waals surface area contributed by atoms with E-state index in [0.717, 1.165) is 17.1 Å². The van der Waals surface area contributed by atoms with E-state index in [1.807, 2.05) is 13.8 Å². The number of benzene rings is 1. The van der Waals surface area contributed by atoms with Crippen LogP contribution in [0, 0.1) is 5.82 Å². The van der Waals surface area contributed by atoms with Crippen molar-refractivity contribution in [3.05, 3.63) is 42.1 Å². The van der Waals surface area contributed by atoms with Gasteiger partial charge in [0.05, 0.1) is 11.9 Å². The van der Waals surface area contributed by atoms with Crippen molar-refractivity contribution in [1.29, 1.82) is 0 Å². The highest BCUT2D eigenvalue weighted by atomic mass is 19.1. The highest BCUT2D eigenvalue weighted by molar-refractivity contribution is 5.58. The molecule has 0 bridgehead atoms. The van der Waals surface area contributed by atoms with Crippen LogP contribution in [0.1, 0.15) is 19.7 Å². The fourth-order valence-corrected chi connectivity index (χ4v) is 1.54. The molecule has 0 atom stereocenters. The van der Waals surface area contributed by atoms with E-state index < -0.39 is 0 Å². The van der Waals surface area contributed by atoms with Gasteiger partial charge in [0.2, 0.25) is 0 Å². The second-order valence-electron chi connectivity index (χ2n) is 4.74. The summed E-state index contributed by atoms with van der Waals surface area (Å²) < 4.78 is 12.8. The molecule has 1 aromatic heterocycles. The predicted molar refractivity (Wildman–Crippen MR) is 66.1 cm³/mol. The summed E-state index contributed by atoms with van der Waals surface area (Å²) in [4.78, 5) is 7.55. The van der Waals surface area contributed by atoms with Gasteiger partial charge in [0.1, 0.15) is 11.6 Å². The second-order valence-corrected chi connectivity index (χ2v) is 4.74. The van der Waals surface area contributed by atoms with Crippen LogP contribution >= 0.6 is 0 Å². The maximum absolute atomic E-state index is 12.8. The van der Waals surface area contributed by atoms with Crippen molar-refractivity contribution in [3.63, 3.8) is 0 Å². The summed E-state index contributed by atoms with van der Waals surface area (Å²) in [5.74, 6) is 0.607. The molecule has 0 saturated heterocycles. The van der Waals surface area contributed by atoms with E-state index in [-0.39, 0.29) is 11.2 Å². The van der Waals surface area contributed by atoms with Crippen LogP contribution in [0.4, 0.5) is 4.39 Å². The third-order valence-electron chi connectivity index (χ3n) is 2.88. The Kier molecular flexibility index (Phi) is 2.98. The number of hydrogen-bond donors (Lipinski definition) is 2. The van der Waals surface area contributed by atoms with Crippen LogP contribution in [0.2, 0.25) is 0 Å². The minimum absolute atomic E-state index is 0.182. The molecule has 1 heterocycles. The zero-order chi connectivity index (χ0) is 12.5. The normalized spacial score (nSPS) is 11.8. The van der Waals surface area contributed by atoms with E-state index in [9.17, 15) is 4.39 Å². The zero-order valence-corrected chi connectivity index (χ0v) is 10.00. The van der Waals surface area contributed by atoms with Gasteiger partial charge in [0.15, 0.2) is 0 Å². The van der Waals surface area contributed by atoms with E-state index in [1.165, 1.54) is 12.1 Å². The molecular formula is C13H16FN3. The third-order valence-corrected chi connectivity index (χ3v) is 2.88. The van der Waals surface area contributed by atoms with E-state index >= 15 is 0 Å². The maximum atomic E-state index is 12.8. The molecule has 90 valence electrons. The molecule has 0 spiro atoms. The SMILES string of the molecule is CC(C)(CN)c1ncc(-c2ccc(F)cc2)[nH]1. The molecule has 0 aliphatic rings. The van der Waals surface area contributed by atoms with Gasteiger partial charge in [-0.1, -0.05) is 13.8 Å². The standard InChI is InChI=1S/C13H16FN3/c1-13(2,8-15)12-16-7-11(17-12)9-3-5-10(14)6-4-9/h3-7H,8,15H2,1-2H3,(H,16,17). The molecule has 0 unspecified atom stereocenters. The molecule has 0 aliphatic heterocycles. The molecule has 0 aliphatic carbocycles. The van der Waals surface area contributed by atoms with Crippen molar-refractivity contribution < 1.29 is 4.39 Å². The van der Waals surface area contributed by atoms with E-state index in [0.29, 0.717) is 6.54 Å². The quantitative estimate of drug-likeness (QED) is 0.855. The van der Waals surface area contributed by atoms with Crippen molar-refractivity contribution in [2.45, 2.75) is 19.3 Å². The number of aromatic amines is 1. The highest BCUT2D eigenvalue weighted by Gasteiger charge is 2.22. The number of imidazole rings is 1. The van der Waals surface area contributed by atoms with Crippen LogP contribution in [-0.2, 0) is 5.41 Å². The van der Waals surface area contributed by atoms with Crippen LogP contribution in [0.5, 0.6) is 0 Å². The zero-order valence-electron chi connectivity index (χ0n) is 10.00. The predicted octanol–water partition coefficient (Wildman–Crippen LogP) is 2.45. The summed E-state index contributed by atoms with van der Waals surface area (Å²) in [6.45, 7) is 4.57. The Labute approximate surface area is 99.9 Å². The summed E-state index contributed by atoms with van der Waals surface area (Å²) in [6.07, 6.45) is 1.75. The first-order valence-corrected chi connectivity index (χ1v) is 5.54. The average Bonchev–Trinajstić information content (AvgIpc) is 2.80. The number of H-pyrrole nitrogens is 1. The summed E-state index contributed by atoms with van der Waals surface area (Å²) in [7, 11) is 0. The van der Waals surface area contributed by atoms with Gasteiger partial charge in [0.25, 0.3) is 0 Å². The Morgan fingerprint density at radius 3 is 2.53 bits per heavy atom. The first-order valence-electron chi connectivity index (χ1n) is 5.54. The number of halogens is 1. The van der Waals surface area contributed by atoms with Gasteiger partial charge in [-0.05, 0) is 29.8 Å². The van der Waals surface area contributed by atoms with E-state index in [4.69, 9.17) is 5.73 Å². The maximum Gasteiger partial charge on any atom is 0.123 e. The van der Waals surface area contributed by atoms with Gasteiger partial charge in [-0.2, -0.15) is 0 Å². The lowest BCUT2D eigenvalue weighted by molar-refractivity contribution is 0.508. The first kappa shape index (κ1) is 11.8. The number of nitrogens with one attached hydrogen (secondary N) is 1. The minimum atomic E-state index is -0.240. The van der Waals surface area contributed by atoms with Gasteiger partial charge in [-0.3, -0.25) is 0 Å². The van der Waals surface area contributed by atoms with Crippen molar-refractivity contribution in [2.75, 3.05) is 6.54 Å². The number of aromatic nitrogens is 2. The van der Waals surface area contributed by atoms with Crippen LogP contribution in [0.25, 0.3) is 11.3 Å². The Balaban J connectivity index is 2.33. The molecule has 1 aromatic carbocycles. The molecule has 4 heteroatoms. The molecule has 0 amide bonds. The average molecular weight is 233 g/mol. The van der Waals surface area contributed by atoms with Gasteiger partial charge in [0, 0.05) is 12.0 Å². The van der Waals surface area contributed by atoms with Gasteiger partial charge >= 0.3 is 0 Å².